The lowest BCUT2D eigenvalue weighted by Gasteiger charge is -2.46. The van der Waals surface area contributed by atoms with Gasteiger partial charge in [-0.3, -0.25) is 4.79 Å². The number of amides is 1. The Labute approximate surface area is 179 Å². The number of hydrogen-bond donors (Lipinski definition) is 0. The molecule has 0 unspecified atom stereocenters. The number of halogens is 3. The Balaban J connectivity index is 1.51. The van der Waals surface area contributed by atoms with Gasteiger partial charge in [-0.15, -0.1) is 0 Å². The summed E-state index contributed by atoms with van der Waals surface area (Å²) in [5.74, 6) is -0.0299. The number of benzene rings is 2. The number of rotatable bonds is 4. The van der Waals surface area contributed by atoms with E-state index < -0.39 is 32.1 Å². The van der Waals surface area contributed by atoms with E-state index in [1.807, 2.05) is 30.3 Å². The predicted molar refractivity (Wildman–Crippen MR) is 109 cm³/mol. The van der Waals surface area contributed by atoms with E-state index in [4.69, 9.17) is 0 Å². The molecule has 1 amide bonds. The molecule has 0 atom stereocenters. The van der Waals surface area contributed by atoms with Gasteiger partial charge in [0.25, 0.3) is 0 Å². The van der Waals surface area contributed by atoms with E-state index in [0.717, 1.165) is 41.3 Å². The molecule has 2 aromatic carbocycles. The first-order valence-corrected chi connectivity index (χ1v) is 11.6. The minimum absolute atomic E-state index is 0.0299. The van der Waals surface area contributed by atoms with E-state index in [1.165, 1.54) is 12.1 Å². The fourth-order valence-electron chi connectivity index (χ4n) is 4.41. The number of piperazine rings is 1. The SMILES string of the molecule is O=C(N1CCN(S(=O)(=O)c2ccccc2C(F)(F)F)CC1)C1(c2ccccc2)CCC1. The fraction of sp³-hybridized carbons (Fsp3) is 0.409. The molecule has 4 rings (SSSR count). The lowest BCUT2D eigenvalue weighted by Crippen LogP contribution is -2.57. The quantitative estimate of drug-likeness (QED) is 0.712. The molecule has 1 saturated carbocycles. The van der Waals surface area contributed by atoms with Gasteiger partial charge in [-0.05, 0) is 30.5 Å². The third kappa shape index (κ3) is 3.85. The average Bonchev–Trinajstić information content (AvgIpc) is 2.73. The van der Waals surface area contributed by atoms with Crippen LogP contribution in [0.4, 0.5) is 13.2 Å². The molecule has 0 bridgehead atoms. The molecule has 2 fully saturated rings. The van der Waals surface area contributed by atoms with Crippen molar-refractivity contribution in [2.24, 2.45) is 0 Å². The van der Waals surface area contributed by atoms with E-state index >= 15 is 0 Å². The fourth-order valence-corrected chi connectivity index (χ4v) is 6.05. The van der Waals surface area contributed by atoms with Crippen LogP contribution in [0.3, 0.4) is 0 Å². The second-order valence-electron chi connectivity index (χ2n) is 7.99. The molecule has 0 radical (unpaired) electrons. The van der Waals surface area contributed by atoms with Crippen molar-refractivity contribution >= 4 is 15.9 Å². The Morgan fingerprint density at radius 2 is 1.45 bits per heavy atom. The molecule has 5 nitrogen and oxygen atoms in total. The van der Waals surface area contributed by atoms with Crippen molar-refractivity contribution in [3.63, 3.8) is 0 Å². The first kappa shape index (κ1) is 21.8. The molecule has 1 saturated heterocycles. The van der Waals surface area contributed by atoms with E-state index in [9.17, 15) is 26.4 Å². The lowest BCUT2D eigenvalue weighted by molar-refractivity contribution is -0.142. The monoisotopic (exact) mass is 452 g/mol. The van der Waals surface area contributed by atoms with Gasteiger partial charge in [0.05, 0.1) is 15.9 Å². The molecule has 166 valence electrons. The summed E-state index contributed by atoms with van der Waals surface area (Å²) >= 11 is 0. The summed E-state index contributed by atoms with van der Waals surface area (Å²) in [4.78, 5) is 14.2. The van der Waals surface area contributed by atoms with Crippen molar-refractivity contribution < 1.29 is 26.4 Å². The van der Waals surface area contributed by atoms with Crippen LogP contribution in [-0.4, -0.2) is 49.7 Å². The van der Waals surface area contributed by atoms with Gasteiger partial charge in [0.2, 0.25) is 15.9 Å². The largest absolute Gasteiger partial charge is 0.417 e. The second kappa shape index (κ2) is 7.94. The minimum atomic E-state index is -4.77. The number of hydrogen-bond acceptors (Lipinski definition) is 3. The van der Waals surface area contributed by atoms with E-state index in [-0.39, 0.29) is 32.1 Å². The van der Waals surface area contributed by atoms with Crippen LogP contribution in [0.1, 0.15) is 30.4 Å². The molecule has 2 aliphatic rings. The third-order valence-electron chi connectivity index (χ3n) is 6.28. The standard InChI is InChI=1S/C22H23F3N2O3S/c23-22(24,25)18-9-4-5-10-19(18)31(29,30)27-15-13-26(14-16-27)20(28)21(11-6-12-21)17-7-2-1-3-8-17/h1-5,7-10H,6,11-16H2. The molecule has 1 aliphatic heterocycles. The normalized spacial score (nSPS) is 19.6. The molecule has 0 aromatic heterocycles. The maximum atomic E-state index is 13.3. The van der Waals surface area contributed by atoms with E-state index in [2.05, 4.69) is 0 Å². The Morgan fingerprint density at radius 3 is 2.00 bits per heavy atom. The predicted octanol–water partition coefficient (Wildman–Crippen LogP) is 3.66. The maximum Gasteiger partial charge on any atom is 0.417 e. The van der Waals surface area contributed by atoms with Crippen LogP contribution in [0.5, 0.6) is 0 Å². The number of carbonyl (C=O) groups excluding carboxylic acids is 1. The molecule has 9 heteroatoms. The Kier molecular flexibility index (Phi) is 5.59. The molecule has 2 aromatic rings. The number of sulfonamides is 1. The van der Waals surface area contributed by atoms with Crippen LogP contribution in [0.2, 0.25) is 0 Å². The van der Waals surface area contributed by atoms with Gasteiger partial charge in [0.15, 0.2) is 0 Å². The lowest BCUT2D eigenvalue weighted by atomic mass is 9.63. The zero-order valence-electron chi connectivity index (χ0n) is 16.8. The van der Waals surface area contributed by atoms with E-state index in [0.29, 0.717) is 0 Å². The van der Waals surface area contributed by atoms with Crippen molar-refractivity contribution in [1.82, 2.24) is 9.21 Å². The number of carbonyl (C=O) groups is 1. The van der Waals surface area contributed by atoms with E-state index in [1.54, 1.807) is 4.90 Å². The highest BCUT2D eigenvalue weighted by Crippen LogP contribution is 2.45. The molecule has 1 heterocycles. The second-order valence-corrected chi connectivity index (χ2v) is 9.90. The van der Waals surface area contributed by atoms with Gasteiger partial charge in [-0.2, -0.15) is 17.5 Å². The third-order valence-corrected chi connectivity index (χ3v) is 8.24. The Hall–Kier alpha value is -2.39. The molecule has 31 heavy (non-hydrogen) atoms. The first-order valence-electron chi connectivity index (χ1n) is 10.2. The highest BCUT2D eigenvalue weighted by atomic mass is 32.2. The summed E-state index contributed by atoms with van der Waals surface area (Å²) < 4.78 is 66.9. The zero-order chi connectivity index (χ0) is 22.3. The Bertz CT molecular complexity index is 1060. The van der Waals surface area contributed by atoms with Gasteiger partial charge in [0, 0.05) is 26.2 Å². The van der Waals surface area contributed by atoms with Gasteiger partial charge in [-0.1, -0.05) is 48.9 Å². The summed E-state index contributed by atoms with van der Waals surface area (Å²) in [6.45, 7) is 0.234. The number of nitrogens with zero attached hydrogens (tertiary/aromatic N) is 2. The number of alkyl halides is 3. The van der Waals surface area contributed by atoms with Crippen LogP contribution in [0, 0.1) is 0 Å². The molecule has 0 spiro atoms. The van der Waals surface area contributed by atoms with Crippen molar-refractivity contribution in [2.75, 3.05) is 26.2 Å². The Morgan fingerprint density at radius 1 is 0.871 bits per heavy atom. The summed E-state index contributed by atoms with van der Waals surface area (Å²) in [5, 5.41) is 0. The topological polar surface area (TPSA) is 57.7 Å². The maximum absolute atomic E-state index is 13.3. The molecular formula is C22H23F3N2O3S. The summed E-state index contributed by atoms with van der Waals surface area (Å²) in [5.41, 5.74) is -0.794. The van der Waals surface area contributed by atoms with Gasteiger partial charge in [-0.25, -0.2) is 8.42 Å². The average molecular weight is 452 g/mol. The summed E-state index contributed by atoms with van der Waals surface area (Å²) in [7, 11) is -4.33. The van der Waals surface area contributed by atoms with Gasteiger partial charge < -0.3 is 4.90 Å². The highest BCUT2D eigenvalue weighted by molar-refractivity contribution is 7.89. The van der Waals surface area contributed by atoms with Crippen LogP contribution in [-0.2, 0) is 26.4 Å². The molecular weight excluding hydrogens is 429 g/mol. The summed E-state index contributed by atoms with van der Waals surface area (Å²) in [6.07, 6.45) is -2.34. The van der Waals surface area contributed by atoms with Crippen molar-refractivity contribution in [3.05, 3.63) is 65.7 Å². The van der Waals surface area contributed by atoms with Crippen molar-refractivity contribution in [2.45, 2.75) is 35.7 Å². The molecule has 1 aliphatic carbocycles. The van der Waals surface area contributed by atoms with Gasteiger partial charge in [0.1, 0.15) is 0 Å². The first-order chi connectivity index (χ1) is 14.7. The highest BCUT2D eigenvalue weighted by Gasteiger charge is 2.48. The van der Waals surface area contributed by atoms with Crippen LogP contribution < -0.4 is 0 Å². The minimum Gasteiger partial charge on any atom is -0.339 e. The van der Waals surface area contributed by atoms with Crippen LogP contribution in [0.15, 0.2) is 59.5 Å². The molecule has 0 N–H and O–H groups in total. The van der Waals surface area contributed by atoms with Crippen LogP contribution >= 0.6 is 0 Å². The van der Waals surface area contributed by atoms with Crippen LogP contribution in [0.25, 0.3) is 0 Å². The zero-order valence-corrected chi connectivity index (χ0v) is 17.6. The van der Waals surface area contributed by atoms with Gasteiger partial charge >= 0.3 is 6.18 Å². The van der Waals surface area contributed by atoms with Crippen molar-refractivity contribution in [3.8, 4) is 0 Å². The smallest absolute Gasteiger partial charge is 0.339 e. The summed E-state index contributed by atoms with van der Waals surface area (Å²) in [6, 6.07) is 13.8. The van der Waals surface area contributed by atoms with Crippen molar-refractivity contribution in [1.29, 1.82) is 0 Å².